The van der Waals surface area contributed by atoms with E-state index in [1.54, 1.807) is 0 Å². The Morgan fingerprint density at radius 3 is 2.23 bits per heavy atom. The van der Waals surface area contributed by atoms with Crippen LogP contribution in [0.3, 0.4) is 0 Å². The number of esters is 1. The Morgan fingerprint density at radius 2 is 1.64 bits per heavy atom. The third-order valence-corrected chi connectivity index (χ3v) is 4.13. The van der Waals surface area contributed by atoms with Gasteiger partial charge in [-0.25, -0.2) is 0 Å². The molecule has 0 saturated carbocycles. The van der Waals surface area contributed by atoms with Gasteiger partial charge in [0.15, 0.2) is 0 Å². The number of benzene rings is 1. The number of likely N-dealkylation sites (tertiary alicyclic amines) is 1. The van der Waals surface area contributed by atoms with Crippen molar-refractivity contribution in [1.82, 2.24) is 4.90 Å². The number of amides is 2. The number of hydrogen-bond acceptors (Lipinski definition) is 4. The highest BCUT2D eigenvalue weighted by Gasteiger charge is 2.47. The molecule has 1 aliphatic carbocycles. The largest absolute Gasteiger partial charge is 0.459 e. The van der Waals surface area contributed by atoms with E-state index in [9.17, 15) is 14.4 Å². The summed E-state index contributed by atoms with van der Waals surface area (Å²) in [6, 6.07) is 9.28. The maximum atomic E-state index is 12.2. The first kappa shape index (κ1) is 14.5. The molecule has 0 N–H and O–H groups in total. The van der Waals surface area contributed by atoms with Crippen LogP contribution < -0.4 is 0 Å². The molecule has 0 spiro atoms. The molecule has 114 valence electrons. The fourth-order valence-electron chi connectivity index (χ4n) is 2.94. The first-order valence-corrected chi connectivity index (χ1v) is 7.36. The summed E-state index contributed by atoms with van der Waals surface area (Å²) in [4.78, 5) is 37.4. The number of rotatable bonds is 4. The third kappa shape index (κ3) is 2.79. The maximum absolute atomic E-state index is 12.2. The fraction of sp³-hybridized carbons (Fsp3) is 0.353. The van der Waals surface area contributed by atoms with Crippen molar-refractivity contribution < 1.29 is 19.1 Å². The lowest BCUT2D eigenvalue weighted by Gasteiger charge is -2.14. The van der Waals surface area contributed by atoms with Crippen molar-refractivity contribution in [3.63, 3.8) is 0 Å². The van der Waals surface area contributed by atoms with Crippen molar-refractivity contribution in [3.05, 3.63) is 48.0 Å². The van der Waals surface area contributed by atoms with Gasteiger partial charge in [-0.1, -0.05) is 42.5 Å². The number of nitrogens with zero attached hydrogens (tertiary/aromatic N) is 1. The minimum Gasteiger partial charge on any atom is -0.459 e. The van der Waals surface area contributed by atoms with Crippen molar-refractivity contribution in [3.8, 4) is 0 Å². The average molecular weight is 299 g/mol. The Kier molecular flexibility index (Phi) is 4.04. The summed E-state index contributed by atoms with van der Waals surface area (Å²) in [5.41, 5.74) is 0.868. The highest BCUT2D eigenvalue weighted by Crippen LogP contribution is 2.34. The molecule has 0 radical (unpaired) electrons. The van der Waals surface area contributed by atoms with Crippen LogP contribution in [0.5, 0.6) is 0 Å². The molecule has 2 aliphatic rings. The highest BCUT2D eigenvalue weighted by atomic mass is 16.5. The fourth-order valence-corrected chi connectivity index (χ4v) is 2.94. The Hall–Kier alpha value is -2.43. The van der Waals surface area contributed by atoms with Gasteiger partial charge in [0, 0.05) is 0 Å². The van der Waals surface area contributed by atoms with E-state index in [0.717, 1.165) is 10.5 Å². The summed E-state index contributed by atoms with van der Waals surface area (Å²) in [5, 5.41) is 0. The second-order valence-corrected chi connectivity index (χ2v) is 5.56. The second-order valence-electron chi connectivity index (χ2n) is 5.56. The van der Waals surface area contributed by atoms with Crippen LogP contribution in [0.15, 0.2) is 42.5 Å². The Bertz CT molecular complexity index is 597. The first-order chi connectivity index (χ1) is 10.7. The van der Waals surface area contributed by atoms with Crippen LogP contribution in [0, 0.1) is 11.8 Å². The summed E-state index contributed by atoms with van der Waals surface area (Å²) >= 11 is 0. The minimum atomic E-state index is -0.558. The lowest BCUT2D eigenvalue weighted by Crippen LogP contribution is -2.36. The summed E-state index contributed by atoms with van der Waals surface area (Å²) in [5.74, 6) is -1.68. The van der Waals surface area contributed by atoms with Gasteiger partial charge in [0.1, 0.15) is 13.2 Å². The van der Waals surface area contributed by atoms with Crippen molar-refractivity contribution in [1.29, 1.82) is 0 Å². The van der Waals surface area contributed by atoms with E-state index in [1.165, 1.54) is 0 Å². The molecule has 1 saturated heterocycles. The van der Waals surface area contributed by atoms with Gasteiger partial charge in [0.2, 0.25) is 11.8 Å². The third-order valence-electron chi connectivity index (χ3n) is 4.13. The topological polar surface area (TPSA) is 63.7 Å². The summed E-state index contributed by atoms with van der Waals surface area (Å²) in [6.45, 7) is -0.151. The van der Waals surface area contributed by atoms with Gasteiger partial charge in [0.05, 0.1) is 11.8 Å². The molecular weight excluding hydrogens is 282 g/mol. The zero-order chi connectivity index (χ0) is 15.5. The maximum Gasteiger partial charge on any atom is 0.326 e. The van der Waals surface area contributed by atoms with Gasteiger partial charge >= 0.3 is 5.97 Å². The standard InChI is InChI=1S/C17H17NO4/c19-15(22-11-12-6-2-1-3-7-12)10-18-16(20)13-8-4-5-9-14(13)17(18)21/h1-7,13-14H,8-11H2/t13-,14-/m1/s1. The lowest BCUT2D eigenvalue weighted by molar-refractivity contribution is -0.153. The van der Waals surface area contributed by atoms with E-state index in [0.29, 0.717) is 12.8 Å². The van der Waals surface area contributed by atoms with Gasteiger partial charge in [0.25, 0.3) is 0 Å². The number of ether oxygens (including phenoxy) is 1. The van der Waals surface area contributed by atoms with Crippen LogP contribution in [0.2, 0.25) is 0 Å². The number of hydrogen-bond donors (Lipinski definition) is 0. The Labute approximate surface area is 128 Å². The molecule has 0 unspecified atom stereocenters. The second kappa shape index (κ2) is 6.13. The minimum absolute atomic E-state index is 0.143. The zero-order valence-electron chi connectivity index (χ0n) is 12.1. The lowest BCUT2D eigenvalue weighted by atomic mass is 9.85. The quantitative estimate of drug-likeness (QED) is 0.482. The zero-order valence-corrected chi connectivity index (χ0v) is 12.1. The Morgan fingerprint density at radius 1 is 1.05 bits per heavy atom. The molecule has 1 heterocycles. The molecule has 1 aromatic rings. The molecule has 2 atom stereocenters. The van der Waals surface area contributed by atoms with Crippen LogP contribution in [0.4, 0.5) is 0 Å². The monoisotopic (exact) mass is 299 g/mol. The summed E-state index contributed by atoms with van der Waals surface area (Å²) in [6.07, 6.45) is 4.99. The van der Waals surface area contributed by atoms with Crippen LogP contribution in [0.1, 0.15) is 18.4 Å². The van der Waals surface area contributed by atoms with E-state index in [4.69, 9.17) is 4.74 Å². The van der Waals surface area contributed by atoms with Gasteiger partial charge in [-0.15, -0.1) is 0 Å². The molecule has 5 nitrogen and oxygen atoms in total. The van der Waals surface area contributed by atoms with E-state index in [1.807, 2.05) is 42.5 Å². The molecule has 1 fully saturated rings. The van der Waals surface area contributed by atoms with E-state index < -0.39 is 5.97 Å². The molecule has 5 heteroatoms. The van der Waals surface area contributed by atoms with E-state index >= 15 is 0 Å². The van der Waals surface area contributed by atoms with Crippen LogP contribution in [-0.2, 0) is 25.7 Å². The summed E-state index contributed by atoms with van der Waals surface area (Å²) in [7, 11) is 0. The van der Waals surface area contributed by atoms with E-state index in [-0.39, 0.29) is 36.8 Å². The molecule has 0 aromatic heterocycles. The number of carbonyl (C=O) groups excluding carboxylic acids is 3. The number of imide groups is 1. The number of allylic oxidation sites excluding steroid dienone is 2. The first-order valence-electron chi connectivity index (χ1n) is 7.36. The molecule has 0 bridgehead atoms. The van der Waals surface area contributed by atoms with Crippen LogP contribution in [-0.4, -0.2) is 29.2 Å². The number of carbonyl (C=O) groups is 3. The van der Waals surface area contributed by atoms with Gasteiger partial charge in [-0.05, 0) is 18.4 Å². The van der Waals surface area contributed by atoms with Crippen molar-refractivity contribution in [2.24, 2.45) is 11.8 Å². The van der Waals surface area contributed by atoms with E-state index in [2.05, 4.69) is 0 Å². The van der Waals surface area contributed by atoms with Gasteiger partial charge in [-0.2, -0.15) is 0 Å². The van der Waals surface area contributed by atoms with Crippen LogP contribution >= 0.6 is 0 Å². The smallest absolute Gasteiger partial charge is 0.326 e. The highest BCUT2D eigenvalue weighted by molar-refractivity contribution is 6.07. The molecule has 2 amide bonds. The molecule has 1 aliphatic heterocycles. The predicted molar refractivity (Wildman–Crippen MR) is 78.3 cm³/mol. The summed E-state index contributed by atoms with van der Waals surface area (Å²) < 4.78 is 5.14. The molecule has 22 heavy (non-hydrogen) atoms. The molecule has 3 rings (SSSR count). The Balaban J connectivity index is 1.57. The SMILES string of the molecule is O=C(CN1C(=O)[C@@H]2CC=CC[C@H]2C1=O)OCc1ccccc1. The predicted octanol–water partition coefficient (Wildman–Crippen LogP) is 1.68. The van der Waals surface area contributed by atoms with Crippen molar-refractivity contribution >= 4 is 17.8 Å². The average Bonchev–Trinajstić information content (AvgIpc) is 2.79. The van der Waals surface area contributed by atoms with Gasteiger partial charge in [-0.3, -0.25) is 19.3 Å². The normalized spacial score (nSPS) is 23.5. The number of fused-ring (bicyclic) bond motifs is 1. The van der Waals surface area contributed by atoms with Gasteiger partial charge < -0.3 is 4.74 Å². The molecular formula is C17H17NO4. The van der Waals surface area contributed by atoms with Crippen molar-refractivity contribution in [2.75, 3.05) is 6.54 Å². The molecule has 1 aromatic carbocycles. The van der Waals surface area contributed by atoms with Crippen molar-refractivity contribution in [2.45, 2.75) is 19.4 Å². The van der Waals surface area contributed by atoms with Crippen LogP contribution in [0.25, 0.3) is 0 Å².